The highest BCUT2D eigenvalue weighted by Gasteiger charge is 2.23. The van der Waals surface area contributed by atoms with E-state index in [0.717, 1.165) is 0 Å². The second-order valence-corrected chi connectivity index (χ2v) is 5.47. The SMILES string of the molecule is C=CCN(CC(=O)O)C(=O)c1nc(-c2ccco2)sc1C. The summed E-state index contributed by atoms with van der Waals surface area (Å²) in [5.74, 6) is -0.927. The molecule has 0 aliphatic carbocycles. The Kier molecular flexibility index (Phi) is 4.54. The fourth-order valence-corrected chi connectivity index (χ4v) is 2.66. The maximum atomic E-state index is 12.4. The van der Waals surface area contributed by atoms with Crippen molar-refractivity contribution < 1.29 is 19.1 Å². The summed E-state index contributed by atoms with van der Waals surface area (Å²) in [6.45, 7) is 5.06. The quantitative estimate of drug-likeness (QED) is 0.829. The Labute approximate surface area is 125 Å². The molecule has 2 heterocycles. The number of nitrogens with zero attached hydrogens (tertiary/aromatic N) is 2. The fourth-order valence-electron chi connectivity index (χ4n) is 1.79. The van der Waals surface area contributed by atoms with E-state index in [4.69, 9.17) is 9.52 Å². The zero-order chi connectivity index (χ0) is 15.4. The van der Waals surface area contributed by atoms with Crippen LogP contribution in [-0.4, -0.2) is 40.0 Å². The zero-order valence-electron chi connectivity index (χ0n) is 11.4. The molecule has 2 aromatic rings. The summed E-state index contributed by atoms with van der Waals surface area (Å²) < 4.78 is 5.25. The maximum absolute atomic E-state index is 12.4. The van der Waals surface area contributed by atoms with Crippen molar-refractivity contribution in [3.63, 3.8) is 0 Å². The highest BCUT2D eigenvalue weighted by Crippen LogP contribution is 2.28. The number of carboxylic acid groups (broad SMARTS) is 1. The van der Waals surface area contributed by atoms with E-state index in [0.29, 0.717) is 15.6 Å². The van der Waals surface area contributed by atoms with Crippen LogP contribution in [0.4, 0.5) is 0 Å². The molecule has 21 heavy (non-hydrogen) atoms. The smallest absolute Gasteiger partial charge is 0.323 e. The Bertz CT molecular complexity index is 661. The first-order valence-electron chi connectivity index (χ1n) is 6.16. The summed E-state index contributed by atoms with van der Waals surface area (Å²) in [7, 11) is 0. The van der Waals surface area contributed by atoms with E-state index in [9.17, 15) is 9.59 Å². The van der Waals surface area contributed by atoms with Gasteiger partial charge in [0.1, 0.15) is 12.2 Å². The number of carbonyl (C=O) groups is 2. The molecule has 0 saturated carbocycles. The normalized spacial score (nSPS) is 10.3. The van der Waals surface area contributed by atoms with Crippen molar-refractivity contribution in [2.24, 2.45) is 0 Å². The Morgan fingerprint density at radius 1 is 1.57 bits per heavy atom. The number of hydrogen-bond acceptors (Lipinski definition) is 5. The van der Waals surface area contributed by atoms with Crippen molar-refractivity contribution >= 4 is 23.2 Å². The van der Waals surface area contributed by atoms with E-state index in [2.05, 4.69) is 11.6 Å². The predicted molar refractivity (Wildman–Crippen MR) is 78.3 cm³/mol. The lowest BCUT2D eigenvalue weighted by Crippen LogP contribution is -2.36. The maximum Gasteiger partial charge on any atom is 0.323 e. The summed E-state index contributed by atoms with van der Waals surface area (Å²) in [5, 5.41) is 9.46. The first-order chi connectivity index (χ1) is 10.0. The van der Waals surface area contributed by atoms with E-state index in [-0.39, 0.29) is 12.2 Å². The van der Waals surface area contributed by atoms with Crippen LogP contribution in [0.2, 0.25) is 0 Å². The highest BCUT2D eigenvalue weighted by atomic mass is 32.1. The van der Waals surface area contributed by atoms with Crippen molar-refractivity contribution in [3.05, 3.63) is 41.6 Å². The van der Waals surface area contributed by atoms with Crippen LogP contribution < -0.4 is 0 Å². The van der Waals surface area contributed by atoms with Gasteiger partial charge in [0, 0.05) is 11.4 Å². The molecule has 110 valence electrons. The third kappa shape index (κ3) is 3.38. The van der Waals surface area contributed by atoms with Gasteiger partial charge in [0.15, 0.2) is 10.8 Å². The molecule has 0 saturated heterocycles. The van der Waals surface area contributed by atoms with Gasteiger partial charge in [-0.25, -0.2) is 4.98 Å². The molecule has 0 aromatic carbocycles. The standard InChI is InChI=1S/C14H14N2O4S/c1-3-6-16(8-11(17)18)14(19)12-9(2)21-13(15-12)10-5-4-7-20-10/h3-5,7H,1,6,8H2,2H3,(H,17,18). The minimum atomic E-state index is -1.08. The molecule has 0 atom stereocenters. The van der Waals surface area contributed by atoms with E-state index in [1.54, 1.807) is 19.1 Å². The highest BCUT2D eigenvalue weighted by molar-refractivity contribution is 7.15. The van der Waals surface area contributed by atoms with Crippen molar-refractivity contribution in [1.29, 1.82) is 0 Å². The minimum absolute atomic E-state index is 0.151. The summed E-state index contributed by atoms with van der Waals surface area (Å²) in [6.07, 6.45) is 3.01. The second-order valence-electron chi connectivity index (χ2n) is 4.27. The molecule has 0 fully saturated rings. The average Bonchev–Trinajstić information content (AvgIpc) is 3.05. The third-order valence-electron chi connectivity index (χ3n) is 2.69. The van der Waals surface area contributed by atoms with Crippen LogP contribution in [0.3, 0.4) is 0 Å². The van der Waals surface area contributed by atoms with Gasteiger partial charge in [-0.3, -0.25) is 9.59 Å². The van der Waals surface area contributed by atoms with Crippen LogP contribution >= 0.6 is 11.3 Å². The molecule has 7 heteroatoms. The molecule has 2 aromatic heterocycles. The third-order valence-corrected chi connectivity index (χ3v) is 3.68. The monoisotopic (exact) mass is 306 g/mol. The first kappa shape index (κ1) is 15.0. The van der Waals surface area contributed by atoms with Crippen LogP contribution in [0, 0.1) is 6.92 Å². The predicted octanol–water partition coefficient (Wildman–Crippen LogP) is 2.42. The van der Waals surface area contributed by atoms with Gasteiger partial charge in [-0.05, 0) is 19.1 Å². The Morgan fingerprint density at radius 2 is 2.33 bits per heavy atom. The van der Waals surface area contributed by atoms with E-state index >= 15 is 0 Å². The van der Waals surface area contributed by atoms with Gasteiger partial charge in [-0.2, -0.15) is 0 Å². The van der Waals surface area contributed by atoms with E-state index in [1.165, 1.54) is 28.6 Å². The van der Waals surface area contributed by atoms with Gasteiger partial charge in [0.2, 0.25) is 0 Å². The molecule has 0 aliphatic heterocycles. The molecular formula is C14H14N2O4S. The second kappa shape index (κ2) is 6.36. The number of amides is 1. The lowest BCUT2D eigenvalue weighted by molar-refractivity contribution is -0.137. The van der Waals surface area contributed by atoms with Gasteiger partial charge < -0.3 is 14.4 Å². The van der Waals surface area contributed by atoms with Crippen LogP contribution in [0.25, 0.3) is 10.8 Å². The van der Waals surface area contributed by atoms with Gasteiger partial charge in [0.25, 0.3) is 5.91 Å². The molecular weight excluding hydrogens is 292 g/mol. The number of hydrogen-bond donors (Lipinski definition) is 1. The molecule has 2 rings (SSSR count). The lowest BCUT2D eigenvalue weighted by Gasteiger charge is -2.17. The molecule has 1 amide bonds. The van der Waals surface area contributed by atoms with E-state index < -0.39 is 18.4 Å². The fraction of sp³-hybridized carbons (Fsp3) is 0.214. The van der Waals surface area contributed by atoms with Gasteiger partial charge in [0.05, 0.1) is 6.26 Å². The van der Waals surface area contributed by atoms with E-state index in [1.807, 2.05) is 0 Å². The molecule has 6 nitrogen and oxygen atoms in total. The number of furan rings is 1. The Balaban J connectivity index is 2.29. The number of carboxylic acids is 1. The van der Waals surface area contributed by atoms with Gasteiger partial charge in [-0.1, -0.05) is 6.08 Å². The van der Waals surface area contributed by atoms with Crippen molar-refractivity contribution in [2.75, 3.05) is 13.1 Å². The number of aliphatic carboxylic acids is 1. The minimum Gasteiger partial charge on any atom is -0.480 e. The Morgan fingerprint density at radius 3 is 2.90 bits per heavy atom. The van der Waals surface area contributed by atoms with Crippen molar-refractivity contribution in [3.8, 4) is 10.8 Å². The number of carbonyl (C=O) groups excluding carboxylic acids is 1. The summed E-state index contributed by atoms with van der Waals surface area (Å²) in [5.41, 5.74) is 0.245. The summed E-state index contributed by atoms with van der Waals surface area (Å²) in [4.78, 5) is 29.4. The number of aromatic nitrogens is 1. The average molecular weight is 306 g/mol. The Hall–Kier alpha value is -2.41. The molecule has 0 aliphatic rings. The lowest BCUT2D eigenvalue weighted by atomic mass is 10.3. The van der Waals surface area contributed by atoms with Crippen LogP contribution in [-0.2, 0) is 4.79 Å². The largest absolute Gasteiger partial charge is 0.480 e. The number of aryl methyl sites for hydroxylation is 1. The van der Waals surface area contributed by atoms with Crippen LogP contribution in [0.15, 0.2) is 35.5 Å². The summed E-state index contributed by atoms with van der Waals surface area (Å²) in [6, 6.07) is 3.49. The van der Waals surface area contributed by atoms with Crippen molar-refractivity contribution in [1.82, 2.24) is 9.88 Å². The van der Waals surface area contributed by atoms with Crippen molar-refractivity contribution in [2.45, 2.75) is 6.92 Å². The number of rotatable bonds is 6. The van der Waals surface area contributed by atoms with Gasteiger partial charge >= 0.3 is 5.97 Å². The molecule has 0 radical (unpaired) electrons. The number of thiazole rings is 1. The first-order valence-corrected chi connectivity index (χ1v) is 6.98. The molecule has 0 spiro atoms. The topological polar surface area (TPSA) is 83.6 Å². The zero-order valence-corrected chi connectivity index (χ0v) is 12.2. The molecule has 1 N–H and O–H groups in total. The molecule has 0 bridgehead atoms. The van der Waals surface area contributed by atoms with Gasteiger partial charge in [-0.15, -0.1) is 17.9 Å². The van der Waals surface area contributed by atoms with Crippen LogP contribution in [0.5, 0.6) is 0 Å². The summed E-state index contributed by atoms with van der Waals surface area (Å²) >= 11 is 1.33. The van der Waals surface area contributed by atoms with Crippen LogP contribution in [0.1, 0.15) is 15.4 Å². The molecule has 0 unspecified atom stereocenters.